The summed E-state index contributed by atoms with van der Waals surface area (Å²) in [7, 11) is 0. The molecule has 0 unspecified atom stereocenters. The van der Waals surface area contributed by atoms with Gasteiger partial charge in [-0.15, -0.1) is 12.4 Å². The first kappa shape index (κ1) is 16.4. The number of halogens is 1. The normalized spacial score (nSPS) is 4.00. The van der Waals surface area contributed by atoms with Crippen molar-refractivity contribution in [1.29, 1.82) is 0 Å². The van der Waals surface area contributed by atoms with Crippen LogP contribution in [-0.4, -0.2) is 11.7 Å². The highest BCUT2D eigenvalue weighted by molar-refractivity contribution is 5.85. The first-order valence-electron chi connectivity index (χ1n) is 1.36. The number of hydrogen-bond acceptors (Lipinski definition) is 3. The van der Waals surface area contributed by atoms with Gasteiger partial charge in [0.15, 0.2) is 0 Å². The average Bonchev–Trinajstić information content (AvgIpc) is 1.46. The van der Waals surface area contributed by atoms with Crippen LogP contribution >= 0.6 is 12.4 Å². The summed E-state index contributed by atoms with van der Waals surface area (Å²) >= 11 is 0. The van der Waals surface area contributed by atoms with Gasteiger partial charge in [0.2, 0.25) is 0 Å². The molecule has 0 saturated carbocycles. The van der Waals surface area contributed by atoms with Crippen molar-refractivity contribution in [3.8, 4) is 0 Å². The lowest BCUT2D eigenvalue weighted by molar-refractivity contribution is 0.318. The highest BCUT2D eigenvalue weighted by atomic mass is 35.5. The van der Waals surface area contributed by atoms with E-state index in [0.29, 0.717) is 0 Å². The van der Waals surface area contributed by atoms with Crippen LogP contribution < -0.4 is 11.7 Å². The Morgan fingerprint density at radius 1 is 1.50 bits per heavy atom. The topological polar surface area (TPSA) is 72.3 Å². The molecule has 0 heterocycles. The molecule has 0 saturated heterocycles. The fourth-order valence-electron chi connectivity index (χ4n) is 0. The van der Waals surface area contributed by atoms with Gasteiger partial charge in [-0.25, -0.2) is 0 Å². The number of rotatable bonds is 0. The molecule has 0 rings (SSSR count). The van der Waals surface area contributed by atoms with Crippen LogP contribution in [-0.2, 0) is 0 Å². The molecule has 5 N–H and O–H groups in total. The molecule has 0 aliphatic rings. The van der Waals surface area contributed by atoms with Gasteiger partial charge in [0.1, 0.15) is 0 Å². The zero-order valence-electron chi connectivity index (χ0n) is 3.72. The van der Waals surface area contributed by atoms with Gasteiger partial charge in [0, 0.05) is 6.61 Å². The van der Waals surface area contributed by atoms with Gasteiger partial charge in [0.25, 0.3) is 0 Å². The third-order valence-electron chi connectivity index (χ3n) is 0. The molecule has 0 fully saturated rings. The second-order valence-electron chi connectivity index (χ2n) is 0.316. The van der Waals surface area contributed by atoms with Crippen molar-refractivity contribution in [3.05, 3.63) is 0 Å². The van der Waals surface area contributed by atoms with E-state index in [-0.39, 0.29) is 19.0 Å². The first-order chi connectivity index (χ1) is 2.41. The van der Waals surface area contributed by atoms with Crippen LogP contribution in [0.15, 0.2) is 0 Å². The number of nitrogens with two attached hydrogens (primary N) is 2. The minimum atomic E-state index is 0. The van der Waals surface area contributed by atoms with Crippen LogP contribution in [0.3, 0.4) is 0 Å². The molecule has 0 aromatic rings. The molecule has 3 nitrogen and oxygen atoms in total. The van der Waals surface area contributed by atoms with E-state index < -0.39 is 0 Å². The molecule has 6 heavy (non-hydrogen) atoms. The van der Waals surface area contributed by atoms with Crippen LogP contribution in [0.25, 0.3) is 0 Å². The van der Waals surface area contributed by atoms with Crippen molar-refractivity contribution < 1.29 is 5.11 Å². The van der Waals surface area contributed by atoms with E-state index in [1.54, 1.807) is 6.92 Å². The zero-order valence-corrected chi connectivity index (χ0v) is 4.53. The van der Waals surface area contributed by atoms with Gasteiger partial charge < -0.3 is 5.11 Å². The smallest absolute Gasteiger partial charge is 0.0402 e. The van der Waals surface area contributed by atoms with Gasteiger partial charge in [-0.1, -0.05) is 0 Å². The molecule has 0 bridgehead atoms. The summed E-state index contributed by atoms with van der Waals surface area (Å²) in [5.74, 6) is 8.00. The molecule has 0 radical (unpaired) electrons. The van der Waals surface area contributed by atoms with Crippen molar-refractivity contribution in [3.63, 3.8) is 0 Å². The molecule has 0 spiro atoms. The van der Waals surface area contributed by atoms with Crippen LogP contribution in [0.2, 0.25) is 0 Å². The largest absolute Gasteiger partial charge is 0.397 e. The van der Waals surface area contributed by atoms with Crippen LogP contribution in [0.1, 0.15) is 6.92 Å². The van der Waals surface area contributed by atoms with Gasteiger partial charge in [0.05, 0.1) is 0 Å². The molecule has 0 aliphatic carbocycles. The summed E-state index contributed by atoms with van der Waals surface area (Å²) in [5.41, 5.74) is 0. The highest BCUT2D eigenvalue weighted by Crippen LogP contribution is 1.30. The Balaban J connectivity index is -0.0000000275. The van der Waals surface area contributed by atoms with Gasteiger partial charge in [-0.05, 0) is 6.92 Å². The van der Waals surface area contributed by atoms with Crippen molar-refractivity contribution in [2.24, 2.45) is 11.7 Å². The van der Waals surface area contributed by atoms with Crippen LogP contribution in [0.4, 0.5) is 0 Å². The summed E-state index contributed by atoms with van der Waals surface area (Å²) in [4.78, 5) is 0. The lowest BCUT2D eigenvalue weighted by atomic mass is 10.9. The van der Waals surface area contributed by atoms with E-state index in [2.05, 4.69) is 11.7 Å². The van der Waals surface area contributed by atoms with Gasteiger partial charge >= 0.3 is 0 Å². The SMILES string of the molecule is CCO.Cl.NN. The molecular formula is C2H11ClN2O. The molecule has 0 aliphatic heterocycles. The molecule has 0 atom stereocenters. The fourth-order valence-corrected chi connectivity index (χ4v) is 0. The fraction of sp³-hybridized carbons (Fsp3) is 1.00. The predicted molar refractivity (Wildman–Crippen MR) is 28.4 cm³/mol. The summed E-state index contributed by atoms with van der Waals surface area (Å²) in [6.07, 6.45) is 0. The van der Waals surface area contributed by atoms with Gasteiger partial charge in [-0.3, -0.25) is 11.7 Å². The third-order valence-corrected chi connectivity index (χ3v) is 0. The maximum absolute atomic E-state index is 7.57. The first-order valence-corrected chi connectivity index (χ1v) is 1.36. The Morgan fingerprint density at radius 3 is 1.50 bits per heavy atom. The number of aliphatic hydroxyl groups excluding tert-OH is 1. The van der Waals surface area contributed by atoms with E-state index in [4.69, 9.17) is 5.11 Å². The van der Waals surface area contributed by atoms with E-state index in [9.17, 15) is 0 Å². The predicted octanol–water partition coefficient (Wildman–Crippen LogP) is -0.761. The van der Waals surface area contributed by atoms with Crippen LogP contribution in [0.5, 0.6) is 0 Å². The maximum atomic E-state index is 7.57. The monoisotopic (exact) mass is 114 g/mol. The van der Waals surface area contributed by atoms with E-state index in [1.807, 2.05) is 0 Å². The minimum absolute atomic E-state index is 0. The van der Waals surface area contributed by atoms with Crippen molar-refractivity contribution in [1.82, 2.24) is 0 Å². The average molecular weight is 115 g/mol. The second kappa shape index (κ2) is 65.7. The summed E-state index contributed by atoms with van der Waals surface area (Å²) in [6.45, 7) is 1.93. The lowest BCUT2D eigenvalue weighted by Crippen LogP contribution is -2.02. The van der Waals surface area contributed by atoms with Crippen molar-refractivity contribution >= 4 is 12.4 Å². The Kier molecular flexibility index (Phi) is 180. The molecule has 0 aromatic heterocycles. The summed E-state index contributed by atoms with van der Waals surface area (Å²) in [6, 6.07) is 0. The Labute approximate surface area is 43.7 Å². The highest BCUT2D eigenvalue weighted by Gasteiger charge is 1.34. The molecule has 0 amide bonds. The van der Waals surface area contributed by atoms with E-state index in [1.165, 1.54) is 0 Å². The zero-order chi connectivity index (χ0) is 4.71. The molecule has 42 valence electrons. The van der Waals surface area contributed by atoms with Crippen LogP contribution in [0, 0.1) is 0 Å². The summed E-state index contributed by atoms with van der Waals surface area (Å²) < 4.78 is 0. The lowest BCUT2D eigenvalue weighted by Gasteiger charge is -1.52. The quantitative estimate of drug-likeness (QED) is 0.286. The Bertz CT molecular complexity index is 11.5. The molecule has 4 heteroatoms. The molecule has 0 aromatic carbocycles. The number of hydrazine groups is 1. The Morgan fingerprint density at radius 2 is 1.50 bits per heavy atom. The Hall–Kier alpha value is 0.170. The number of hydrogen-bond donors (Lipinski definition) is 3. The minimum Gasteiger partial charge on any atom is -0.397 e. The van der Waals surface area contributed by atoms with E-state index >= 15 is 0 Å². The second-order valence-corrected chi connectivity index (χ2v) is 0.316. The summed E-state index contributed by atoms with van der Waals surface area (Å²) in [5, 5.41) is 7.57. The van der Waals surface area contributed by atoms with Crippen molar-refractivity contribution in [2.45, 2.75) is 6.92 Å². The standard InChI is InChI=1S/C2H6O.ClH.H4N2/c1-2-3;;1-2/h3H,2H2,1H3;1H;1-2H2. The number of aliphatic hydroxyl groups is 1. The van der Waals surface area contributed by atoms with Gasteiger partial charge in [-0.2, -0.15) is 0 Å². The maximum Gasteiger partial charge on any atom is 0.0402 e. The van der Waals surface area contributed by atoms with Crippen molar-refractivity contribution in [2.75, 3.05) is 6.61 Å². The third kappa shape index (κ3) is 1450. The van der Waals surface area contributed by atoms with E-state index in [0.717, 1.165) is 0 Å². The molecular weight excluding hydrogens is 103 g/mol.